The zero-order valence-electron chi connectivity index (χ0n) is 96.3. The Hall–Kier alpha value is -4.61. The summed E-state index contributed by atoms with van der Waals surface area (Å²) in [7, 11) is 1.91. The van der Waals surface area contributed by atoms with Crippen LogP contribution in [-0.2, 0) is 51.9 Å². The van der Waals surface area contributed by atoms with E-state index in [-0.39, 0.29) is 0 Å². The summed E-state index contributed by atoms with van der Waals surface area (Å²) in [5.74, 6) is 2.49. The molecule has 0 aliphatic carbocycles. The number of benzene rings is 2. The number of fused-ring (bicyclic) bond motifs is 28. The summed E-state index contributed by atoms with van der Waals surface area (Å²) in [5.41, 5.74) is 22.1. The van der Waals surface area contributed by atoms with Gasteiger partial charge in [0.05, 0.1) is 136 Å². The van der Waals surface area contributed by atoms with Gasteiger partial charge in [-0.25, -0.2) is 0 Å². The molecule has 4 unspecified atom stereocenters. The minimum absolute atomic E-state index is 0.573. The van der Waals surface area contributed by atoms with Gasteiger partial charge in [0.15, 0.2) is 11.3 Å². The molecule has 10 nitrogen and oxygen atoms in total. The second-order valence-electron chi connectivity index (χ2n) is 46.4. The maximum absolute atomic E-state index is 13.2. The molecule has 16 rings (SSSR count). The first-order valence-electron chi connectivity index (χ1n) is 63.0. The van der Waals surface area contributed by atoms with Crippen LogP contribution in [0.25, 0.3) is 144 Å². The third-order valence-corrected chi connectivity index (χ3v) is 45.5. The Balaban J connectivity index is 0.000000224. The van der Waals surface area contributed by atoms with Crippen molar-refractivity contribution in [3.05, 3.63) is 37.9 Å². The Morgan fingerprint density at radius 1 is 0.240 bits per heavy atom. The first kappa shape index (κ1) is 119. The van der Waals surface area contributed by atoms with Crippen LogP contribution in [-0.4, -0.2) is 49.2 Å². The maximum Gasteiger partial charge on any atom is 0.178 e. The van der Waals surface area contributed by atoms with Gasteiger partial charge in [0.2, 0.25) is 0 Å². The number of hydrogen-bond acceptors (Lipinski definition) is 16. The van der Waals surface area contributed by atoms with Crippen LogP contribution >= 0.6 is 114 Å². The van der Waals surface area contributed by atoms with Crippen molar-refractivity contribution in [2.75, 3.05) is 7.11 Å². The number of methoxy groups -OCH3 is 1. The van der Waals surface area contributed by atoms with Crippen LogP contribution in [0.1, 0.15) is 552 Å². The normalized spacial score (nSPS) is 13.3. The topological polar surface area (TPSA) is 97.6 Å². The van der Waals surface area contributed by atoms with Crippen molar-refractivity contribution in [2.24, 2.45) is 23.7 Å². The van der Waals surface area contributed by atoms with Gasteiger partial charge in [0, 0.05) is 53.3 Å². The molecule has 830 valence electrons. The minimum Gasteiger partial charge on any atom is -0.487 e. The van der Waals surface area contributed by atoms with E-state index in [0.717, 1.165) is 66.4 Å². The molecule has 2 aromatic carbocycles. The number of thiophene rings is 8. The fourth-order valence-electron chi connectivity index (χ4n) is 25.7. The van der Waals surface area contributed by atoms with Crippen molar-refractivity contribution in [3.63, 3.8) is 0 Å². The molecule has 0 spiro atoms. The number of aldehydes is 1. The van der Waals surface area contributed by atoms with Crippen LogP contribution in [0.4, 0.5) is 0 Å². The predicted octanol–water partition coefficient (Wildman–Crippen LogP) is 48.1. The first-order chi connectivity index (χ1) is 74.0. The van der Waals surface area contributed by atoms with E-state index >= 15 is 0 Å². The lowest BCUT2D eigenvalue weighted by Crippen LogP contribution is -2.14. The molecule has 0 saturated heterocycles. The van der Waals surface area contributed by atoms with Crippen LogP contribution in [0, 0.1) is 23.7 Å². The number of ether oxygens (including phenoxy) is 1. The summed E-state index contributed by atoms with van der Waals surface area (Å²) in [6.45, 7) is 32.5. The SMILES string of the molecule is CCCCCCCCCCCc1c(C=O)sc2c1sc1c3c4nsnc4c4c5sc6c(CCCCCCCCCCC)c(OC)sc6c5n(CC(CCCC)CCCCCC)c4c3n(CC(CCCC)CCCCCC)c21.CCCCCCCCCCCc1csc2c1sc1c3c4nsnc4c4c5sc6c(CCCCCCCCCCC)csc6c5n(CC(CCCC)CCCCCC)c4c3n(CC(CCCC)CCCCCC)c21. The molecule has 0 amide bonds. The number of nitrogens with zero attached hydrogens (tertiary/aromatic N) is 8. The van der Waals surface area contributed by atoms with Crippen LogP contribution < -0.4 is 4.74 Å². The lowest BCUT2D eigenvalue weighted by molar-refractivity contribution is 0.112. The summed E-state index contributed by atoms with van der Waals surface area (Å²) < 4.78 is 57.1. The van der Waals surface area contributed by atoms with Gasteiger partial charge < -0.3 is 23.0 Å². The molecule has 0 radical (unpaired) electrons. The molecule has 0 N–H and O–H groups in total. The monoisotopic (exact) mass is 2220 g/mol. The summed E-state index contributed by atoms with van der Waals surface area (Å²) in [6, 6.07) is 0. The van der Waals surface area contributed by atoms with Gasteiger partial charge in [-0.1, -0.05) is 454 Å². The van der Waals surface area contributed by atoms with Crippen LogP contribution in [0.15, 0.2) is 10.8 Å². The van der Waals surface area contributed by atoms with Crippen molar-refractivity contribution >= 4 is 265 Å². The van der Waals surface area contributed by atoms with Gasteiger partial charge in [0.1, 0.15) is 22.1 Å². The van der Waals surface area contributed by atoms with Crippen LogP contribution in [0.3, 0.4) is 0 Å². The molecular weight excluding hydrogens is 2030 g/mol. The molecule has 0 aliphatic rings. The zero-order valence-corrected chi connectivity index (χ0v) is 104. The van der Waals surface area contributed by atoms with Gasteiger partial charge in [-0.3, -0.25) is 4.79 Å². The summed E-state index contributed by atoms with van der Waals surface area (Å²) >= 11 is 19.0. The van der Waals surface area contributed by atoms with E-state index in [1.54, 1.807) is 41.3 Å². The molecule has 150 heavy (non-hydrogen) atoms. The summed E-state index contributed by atoms with van der Waals surface area (Å²) in [5, 5.41) is 11.7. The number of aromatic nitrogens is 8. The molecule has 4 atom stereocenters. The highest BCUT2D eigenvalue weighted by Gasteiger charge is 2.37. The molecule has 0 saturated carbocycles. The van der Waals surface area contributed by atoms with E-state index in [0.29, 0.717) is 23.7 Å². The van der Waals surface area contributed by atoms with Gasteiger partial charge in [-0.2, -0.15) is 17.5 Å². The number of unbranched alkanes of at least 4 members (excludes halogenated alkanes) is 48. The van der Waals surface area contributed by atoms with Crippen LogP contribution in [0.5, 0.6) is 5.06 Å². The van der Waals surface area contributed by atoms with E-state index < -0.39 is 0 Å². The van der Waals surface area contributed by atoms with E-state index in [9.17, 15) is 4.79 Å². The highest BCUT2D eigenvalue weighted by atomic mass is 32.1. The highest BCUT2D eigenvalue weighted by molar-refractivity contribution is 7.36. The molecule has 14 aromatic heterocycles. The minimum atomic E-state index is 0.573. The highest BCUT2D eigenvalue weighted by Crippen LogP contribution is 2.59. The number of rotatable bonds is 82. The lowest BCUT2D eigenvalue weighted by atomic mass is 9.94. The van der Waals surface area contributed by atoms with Crippen molar-refractivity contribution in [1.82, 2.24) is 35.8 Å². The Morgan fingerprint density at radius 3 is 0.753 bits per heavy atom. The van der Waals surface area contributed by atoms with Crippen LogP contribution in [0.2, 0.25) is 0 Å². The fourth-order valence-corrected chi connectivity index (χ4v) is 38.0. The number of hydrogen-bond donors (Lipinski definition) is 0. The molecule has 0 fully saturated rings. The third-order valence-electron chi connectivity index (χ3n) is 34.4. The van der Waals surface area contributed by atoms with E-state index in [2.05, 4.69) is 157 Å². The average Bonchev–Trinajstić information content (AvgIpc) is 1.50. The lowest BCUT2D eigenvalue weighted by Gasteiger charge is -2.22. The van der Waals surface area contributed by atoms with E-state index in [4.69, 9.17) is 22.2 Å². The van der Waals surface area contributed by atoms with Gasteiger partial charge >= 0.3 is 0 Å². The molecule has 0 bridgehead atoms. The number of carbonyl (C=O) groups excluding carboxylic acids is 1. The average molecular weight is 2230 g/mol. The predicted molar refractivity (Wildman–Crippen MR) is 683 cm³/mol. The molecule has 20 heteroatoms. The molecule has 16 aromatic rings. The Labute approximate surface area is 946 Å². The molecular formula is C130H198N8O2S10. The smallest absolute Gasteiger partial charge is 0.178 e. The zero-order chi connectivity index (χ0) is 105. The Kier molecular flexibility index (Phi) is 50.9. The summed E-state index contributed by atoms with van der Waals surface area (Å²) in [6.07, 6.45) is 96.0. The van der Waals surface area contributed by atoms with Gasteiger partial charge in [0.25, 0.3) is 0 Å². The quantitative estimate of drug-likeness (QED) is 0.0278. The van der Waals surface area contributed by atoms with Gasteiger partial charge in [-0.15, -0.1) is 79.4 Å². The maximum atomic E-state index is 13.2. The second-order valence-corrected chi connectivity index (χ2v) is 55.3. The van der Waals surface area contributed by atoms with E-state index in [1.165, 1.54) is 598 Å². The van der Waals surface area contributed by atoms with Gasteiger partial charge in [-0.05, 0) is 154 Å². The number of aryl methyl sites for hydroxylation is 4. The first-order valence-corrected chi connectivity index (χ1v) is 71.1. The van der Waals surface area contributed by atoms with Crippen molar-refractivity contribution in [3.8, 4) is 5.06 Å². The number of carbonyl (C=O) groups is 1. The van der Waals surface area contributed by atoms with E-state index in [1.807, 2.05) is 41.1 Å². The Bertz CT molecular complexity index is 6460. The fraction of sp³-hybridized carbons (Fsp3) is 0.715. The van der Waals surface area contributed by atoms with Crippen molar-refractivity contribution in [2.45, 2.75) is 572 Å². The standard InChI is InChI=1S/C66H100N4O2S5.C64H98N4S5/c1-8-14-20-24-26-28-30-32-36-42-49-51(46-71)73-64-58-62(74-60(49)64)52-54-55(68-77-67-54)53-57(56(52)69(58)44-47(38-18-12-5)40-34-22-16-10-3)70(45-48(39-19-13-6)41-35-23-17-11-4)59-63(53)75-61-50(66(72-7)76-65(59)61)43-37-33-31-29-27-25-21-15-9-2;1-7-13-19-23-25-27-29-31-35-41-49-45-69-63-57-61(71-59(49)63)51-53-54(66-73-65-53)52-56(55(51)67(57)43-47(37-17-11-5)39-33-21-15-9-3)68(44-48(38-18-12-6)40-34-22-16-10-4)58-62(52)72-60-50(46-70-64(58)60)42-36-32-30-28-26-24-20-14-8-2/h46-48H,8-45H2,1-7H3;45-48H,7-44H2,1-6H3. The van der Waals surface area contributed by atoms with Crippen molar-refractivity contribution < 1.29 is 9.53 Å². The Morgan fingerprint density at radius 2 is 0.473 bits per heavy atom. The molecule has 14 heterocycles. The third kappa shape index (κ3) is 29.6. The largest absolute Gasteiger partial charge is 0.487 e. The second kappa shape index (κ2) is 64.0. The molecule has 0 aliphatic heterocycles. The summed E-state index contributed by atoms with van der Waals surface area (Å²) in [4.78, 5) is 14.2. The van der Waals surface area contributed by atoms with Crippen molar-refractivity contribution in [1.29, 1.82) is 0 Å².